The second-order valence-corrected chi connectivity index (χ2v) is 9.69. The summed E-state index contributed by atoms with van der Waals surface area (Å²) in [5.74, 6) is -1.39. The van der Waals surface area contributed by atoms with E-state index >= 15 is 0 Å². The summed E-state index contributed by atoms with van der Waals surface area (Å²) in [4.78, 5) is 44.5. The van der Waals surface area contributed by atoms with Gasteiger partial charge in [-0.1, -0.05) is 32.0 Å². The number of Topliss-reactive ketones (excluding diaryl/α,β-unsaturated/α-hetero) is 1. The molecule has 8 nitrogen and oxygen atoms in total. The Labute approximate surface area is 227 Å². The number of pyridine rings is 1. The first-order chi connectivity index (χ1) is 18.7. The quantitative estimate of drug-likeness (QED) is 0.183. The molecule has 2 heterocycles. The lowest BCUT2D eigenvalue weighted by Gasteiger charge is -2.25. The van der Waals surface area contributed by atoms with Crippen LogP contribution in [-0.4, -0.2) is 46.4 Å². The number of hydrogen-bond acceptors (Lipinski definition) is 7. The zero-order chi connectivity index (χ0) is 28.3. The Kier molecular flexibility index (Phi) is 8.14. The minimum absolute atomic E-state index is 0.000818. The number of carbonyl (C=O) groups excluding carboxylic acids is 3. The highest BCUT2D eigenvalue weighted by Gasteiger charge is 2.46. The van der Waals surface area contributed by atoms with Crippen LogP contribution in [0.15, 0.2) is 66.5 Å². The van der Waals surface area contributed by atoms with Gasteiger partial charge < -0.3 is 19.5 Å². The molecule has 1 aromatic heterocycles. The number of amides is 1. The minimum atomic E-state index is -0.854. The largest absolute Gasteiger partial charge is 0.507 e. The molecular weight excluding hydrogens is 496 g/mol. The Morgan fingerprint density at radius 3 is 2.44 bits per heavy atom. The fourth-order valence-corrected chi connectivity index (χ4v) is 4.81. The summed E-state index contributed by atoms with van der Waals surface area (Å²) in [6.07, 6.45) is 3.19. The monoisotopic (exact) mass is 528 g/mol. The van der Waals surface area contributed by atoms with E-state index in [2.05, 4.69) is 4.98 Å². The number of benzene rings is 2. The highest BCUT2D eigenvalue weighted by atomic mass is 16.5. The first-order valence-corrected chi connectivity index (χ1v) is 12.8. The summed E-state index contributed by atoms with van der Waals surface area (Å²) in [7, 11) is 1.59. The lowest BCUT2D eigenvalue weighted by Crippen LogP contribution is -2.29. The maximum atomic E-state index is 13.5. The highest BCUT2D eigenvalue weighted by molar-refractivity contribution is 6.46. The molecular formula is C31H32N2O6. The fraction of sp³-hybridized carbons (Fsp3) is 0.290. The molecule has 4 rings (SSSR count). The van der Waals surface area contributed by atoms with Crippen molar-refractivity contribution in [3.63, 3.8) is 0 Å². The summed E-state index contributed by atoms with van der Waals surface area (Å²) in [6.45, 7) is 7.93. The molecule has 1 aliphatic rings. The second kappa shape index (κ2) is 11.5. The van der Waals surface area contributed by atoms with Crippen molar-refractivity contribution >= 4 is 23.4 Å². The van der Waals surface area contributed by atoms with Crippen LogP contribution in [0, 0.1) is 6.92 Å². The number of carbonyl (C=O) groups is 3. The average molecular weight is 529 g/mol. The third-order valence-corrected chi connectivity index (χ3v) is 6.81. The number of aryl methyl sites for hydroxylation is 1. The Balaban J connectivity index is 1.81. The van der Waals surface area contributed by atoms with Gasteiger partial charge in [0.1, 0.15) is 11.5 Å². The second-order valence-electron chi connectivity index (χ2n) is 9.69. The normalized spacial score (nSPS) is 16.6. The molecule has 1 saturated heterocycles. The van der Waals surface area contributed by atoms with Crippen molar-refractivity contribution in [2.24, 2.45) is 0 Å². The number of hydrogen-bond donors (Lipinski definition) is 1. The van der Waals surface area contributed by atoms with Crippen LogP contribution in [0.25, 0.3) is 5.76 Å². The topological polar surface area (TPSA) is 106 Å². The zero-order valence-corrected chi connectivity index (χ0v) is 22.7. The SMILES string of the molecule is CCOC(=O)c1ccc(CN2C(=O)C(=O)/C(=C(/O)c3cc(C(C)C)c(OC)cc3C)C2c2cccnc2)cc1. The average Bonchev–Trinajstić information content (AvgIpc) is 3.18. The van der Waals surface area contributed by atoms with Crippen molar-refractivity contribution < 1.29 is 29.0 Å². The van der Waals surface area contributed by atoms with Gasteiger partial charge in [0.25, 0.3) is 11.7 Å². The van der Waals surface area contributed by atoms with Crippen molar-refractivity contribution in [1.29, 1.82) is 0 Å². The molecule has 0 saturated carbocycles. The number of ketones is 1. The smallest absolute Gasteiger partial charge is 0.338 e. The van der Waals surface area contributed by atoms with E-state index in [0.717, 1.165) is 5.56 Å². The van der Waals surface area contributed by atoms with Crippen molar-refractivity contribution in [2.75, 3.05) is 13.7 Å². The predicted octanol–water partition coefficient (Wildman–Crippen LogP) is 5.32. The third-order valence-electron chi connectivity index (χ3n) is 6.81. The number of likely N-dealkylation sites (tertiary alicyclic amines) is 1. The molecule has 202 valence electrons. The van der Waals surface area contributed by atoms with Crippen LogP contribution in [-0.2, 0) is 20.9 Å². The lowest BCUT2D eigenvalue weighted by atomic mass is 9.91. The number of rotatable bonds is 8. The fourth-order valence-electron chi connectivity index (χ4n) is 4.81. The van der Waals surface area contributed by atoms with Gasteiger partial charge in [0.2, 0.25) is 0 Å². The Morgan fingerprint density at radius 2 is 1.85 bits per heavy atom. The first kappa shape index (κ1) is 27.6. The van der Waals surface area contributed by atoms with Gasteiger partial charge in [-0.2, -0.15) is 0 Å². The standard InChI is InChI=1S/C31H32N2O6/c1-6-39-31(37)21-11-9-20(10-12-21)17-33-27(22-8-7-13-32-16-22)26(29(35)30(33)36)28(34)24-15-23(18(2)3)25(38-5)14-19(24)4/h7-16,18,27,34H,6,17H2,1-5H3/b28-26+. The lowest BCUT2D eigenvalue weighted by molar-refractivity contribution is -0.140. The summed E-state index contributed by atoms with van der Waals surface area (Å²) in [5.41, 5.74) is 3.74. The van der Waals surface area contributed by atoms with Crippen LogP contribution in [0.4, 0.5) is 0 Å². The van der Waals surface area contributed by atoms with Crippen molar-refractivity contribution in [3.05, 3.63) is 99.9 Å². The van der Waals surface area contributed by atoms with Gasteiger partial charge in [0, 0.05) is 24.5 Å². The number of methoxy groups -OCH3 is 1. The van der Waals surface area contributed by atoms with E-state index in [1.54, 1.807) is 62.8 Å². The van der Waals surface area contributed by atoms with E-state index in [-0.39, 0.29) is 30.4 Å². The maximum Gasteiger partial charge on any atom is 0.338 e. The predicted molar refractivity (Wildman–Crippen MR) is 146 cm³/mol. The van der Waals surface area contributed by atoms with Crippen LogP contribution < -0.4 is 4.74 Å². The molecule has 1 fully saturated rings. The van der Waals surface area contributed by atoms with E-state index in [1.807, 2.05) is 32.9 Å². The van der Waals surface area contributed by atoms with Gasteiger partial charge in [-0.3, -0.25) is 14.6 Å². The summed E-state index contributed by atoms with van der Waals surface area (Å²) < 4.78 is 10.6. The van der Waals surface area contributed by atoms with Crippen LogP contribution in [0.3, 0.4) is 0 Å². The zero-order valence-electron chi connectivity index (χ0n) is 22.7. The van der Waals surface area contributed by atoms with Crippen LogP contribution >= 0.6 is 0 Å². The molecule has 1 unspecified atom stereocenters. The van der Waals surface area contributed by atoms with Gasteiger partial charge in [-0.15, -0.1) is 0 Å². The van der Waals surface area contributed by atoms with Gasteiger partial charge in [0.15, 0.2) is 0 Å². The van der Waals surface area contributed by atoms with Crippen LogP contribution in [0.1, 0.15) is 70.9 Å². The minimum Gasteiger partial charge on any atom is -0.507 e. The number of esters is 1. The summed E-state index contributed by atoms with van der Waals surface area (Å²) in [5, 5.41) is 11.6. The molecule has 8 heteroatoms. The van der Waals surface area contributed by atoms with Crippen LogP contribution in [0.5, 0.6) is 5.75 Å². The maximum absolute atomic E-state index is 13.5. The number of aromatic nitrogens is 1. The number of aliphatic hydroxyl groups is 1. The molecule has 1 atom stereocenters. The van der Waals surface area contributed by atoms with Crippen LogP contribution in [0.2, 0.25) is 0 Å². The van der Waals surface area contributed by atoms with Crippen molar-refractivity contribution in [1.82, 2.24) is 9.88 Å². The van der Waals surface area contributed by atoms with Crippen molar-refractivity contribution in [2.45, 2.75) is 46.2 Å². The highest BCUT2D eigenvalue weighted by Crippen LogP contribution is 2.41. The van der Waals surface area contributed by atoms with E-state index in [9.17, 15) is 19.5 Å². The van der Waals surface area contributed by atoms with E-state index < -0.39 is 23.7 Å². The molecule has 3 aromatic rings. The number of nitrogens with zero attached hydrogens (tertiary/aromatic N) is 2. The van der Waals surface area contributed by atoms with Gasteiger partial charge in [-0.05, 0) is 72.4 Å². The molecule has 39 heavy (non-hydrogen) atoms. The van der Waals surface area contributed by atoms with Gasteiger partial charge in [-0.25, -0.2) is 4.79 Å². The third kappa shape index (κ3) is 5.41. The summed E-state index contributed by atoms with van der Waals surface area (Å²) >= 11 is 0. The molecule has 1 N–H and O–H groups in total. The number of ether oxygens (including phenoxy) is 2. The Morgan fingerprint density at radius 1 is 1.13 bits per heavy atom. The molecule has 2 aromatic carbocycles. The Hall–Kier alpha value is -4.46. The van der Waals surface area contributed by atoms with Gasteiger partial charge >= 0.3 is 5.97 Å². The first-order valence-electron chi connectivity index (χ1n) is 12.8. The van der Waals surface area contributed by atoms with E-state index in [1.165, 1.54) is 4.90 Å². The van der Waals surface area contributed by atoms with E-state index in [0.29, 0.717) is 33.6 Å². The van der Waals surface area contributed by atoms with Gasteiger partial charge in [0.05, 0.1) is 30.9 Å². The molecule has 1 aliphatic heterocycles. The molecule has 0 radical (unpaired) electrons. The molecule has 0 spiro atoms. The Bertz CT molecular complexity index is 1430. The molecule has 0 bridgehead atoms. The molecule has 0 aliphatic carbocycles. The summed E-state index contributed by atoms with van der Waals surface area (Å²) in [6, 6.07) is 13.0. The molecule has 1 amide bonds. The van der Waals surface area contributed by atoms with Crippen molar-refractivity contribution in [3.8, 4) is 5.75 Å². The van der Waals surface area contributed by atoms with E-state index in [4.69, 9.17) is 9.47 Å². The number of aliphatic hydroxyl groups excluding tert-OH is 1.